The number of rotatable bonds is 4. The van der Waals surface area contributed by atoms with Crippen LogP contribution in [0.15, 0.2) is 78.9 Å². The van der Waals surface area contributed by atoms with Gasteiger partial charge in [-0.1, -0.05) is 48.5 Å². The summed E-state index contributed by atoms with van der Waals surface area (Å²) in [5.41, 5.74) is 5.28. The summed E-state index contributed by atoms with van der Waals surface area (Å²) in [5.74, 6) is 0.778. The fourth-order valence-corrected chi connectivity index (χ4v) is 4.21. The van der Waals surface area contributed by atoms with E-state index in [4.69, 9.17) is 4.74 Å². The van der Waals surface area contributed by atoms with E-state index in [9.17, 15) is 4.79 Å². The third-order valence-electron chi connectivity index (χ3n) is 5.72. The van der Waals surface area contributed by atoms with Gasteiger partial charge in [-0.15, -0.1) is 0 Å². The van der Waals surface area contributed by atoms with Crippen molar-refractivity contribution in [3.63, 3.8) is 0 Å². The van der Waals surface area contributed by atoms with Crippen LogP contribution >= 0.6 is 0 Å². The summed E-state index contributed by atoms with van der Waals surface area (Å²) in [7, 11) is 1.66. The van der Waals surface area contributed by atoms with Crippen molar-refractivity contribution in [1.29, 1.82) is 0 Å². The standard InChI is InChI=1S/C25H23N3O2/c1-30-18-13-11-16(12-14-18)23-24-20(19-9-5-6-10-21(19)27-24)15-22(28-23)25(29)26-17-7-3-2-4-8-17/h2-14,22-23,27-28H,15H2,1H3,(H,26,29). The van der Waals surface area contributed by atoms with Crippen molar-refractivity contribution in [2.24, 2.45) is 0 Å². The van der Waals surface area contributed by atoms with E-state index in [2.05, 4.69) is 27.8 Å². The van der Waals surface area contributed by atoms with Gasteiger partial charge in [0.2, 0.25) is 5.91 Å². The molecule has 3 N–H and O–H groups in total. The van der Waals surface area contributed by atoms with E-state index >= 15 is 0 Å². The Labute approximate surface area is 175 Å². The van der Waals surface area contributed by atoms with Crippen LogP contribution in [0.4, 0.5) is 5.69 Å². The first-order valence-electron chi connectivity index (χ1n) is 10.1. The molecule has 3 aromatic carbocycles. The number of anilines is 1. The summed E-state index contributed by atoms with van der Waals surface area (Å²) in [6.45, 7) is 0. The Kier molecular flexibility index (Phi) is 4.73. The summed E-state index contributed by atoms with van der Waals surface area (Å²) in [5, 5.41) is 7.77. The van der Waals surface area contributed by atoms with E-state index in [0.29, 0.717) is 6.42 Å². The quantitative estimate of drug-likeness (QED) is 0.478. The second-order valence-corrected chi connectivity index (χ2v) is 7.55. The lowest BCUT2D eigenvalue weighted by Crippen LogP contribution is -2.47. The van der Waals surface area contributed by atoms with Crippen LogP contribution < -0.4 is 15.4 Å². The van der Waals surface area contributed by atoms with Crippen LogP contribution in [0.5, 0.6) is 5.75 Å². The van der Waals surface area contributed by atoms with Crippen LogP contribution in [0.1, 0.15) is 22.9 Å². The summed E-state index contributed by atoms with van der Waals surface area (Å²) in [6, 6.07) is 25.4. The minimum atomic E-state index is -0.344. The topological polar surface area (TPSA) is 66.2 Å². The largest absolute Gasteiger partial charge is 0.497 e. The summed E-state index contributed by atoms with van der Waals surface area (Å²) in [6.07, 6.45) is 0.630. The molecule has 2 heterocycles. The molecule has 0 radical (unpaired) electrons. The molecule has 5 rings (SSSR count). The second-order valence-electron chi connectivity index (χ2n) is 7.55. The van der Waals surface area contributed by atoms with Crippen molar-refractivity contribution in [2.45, 2.75) is 18.5 Å². The Morgan fingerprint density at radius 3 is 2.47 bits per heavy atom. The van der Waals surface area contributed by atoms with Crippen molar-refractivity contribution in [3.05, 3.63) is 95.7 Å². The minimum absolute atomic E-state index is 0.0318. The van der Waals surface area contributed by atoms with E-state index in [1.165, 1.54) is 10.9 Å². The number of hydrogen-bond acceptors (Lipinski definition) is 3. The number of methoxy groups -OCH3 is 1. The first kappa shape index (κ1) is 18.5. The number of H-pyrrole nitrogens is 1. The molecule has 5 heteroatoms. The van der Waals surface area contributed by atoms with Crippen molar-refractivity contribution >= 4 is 22.5 Å². The lowest BCUT2D eigenvalue weighted by Gasteiger charge is -2.31. The Bertz CT molecular complexity index is 1180. The molecule has 30 heavy (non-hydrogen) atoms. The monoisotopic (exact) mass is 397 g/mol. The number of fused-ring (bicyclic) bond motifs is 3. The Hall–Kier alpha value is -3.57. The number of carbonyl (C=O) groups is 1. The molecule has 1 aliphatic heterocycles. The predicted molar refractivity (Wildman–Crippen MR) is 119 cm³/mol. The van der Waals surface area contributed by atoms with Crippen molar-refractivity contribution < 1.29 is 9.53 Å². The number of aromatic nitrogens is 1. The SMILES string of the molecule is COc1ccc(C2NC(C(=O)Nc3ccccc3)Cc3c2[nH]c2ccccc32)cc1. The number of benzene rings is 3. The van der Waals surface area contributed by atoms with Crippen molar-refractivity contribution in [2.75, 3.05) is 12.4 Å². The number of hydrogen-bond donors (Lipinski definition) is 3. The van der Waals surface area contributed by atoms with Gasteiger partial charge in [0.1, 0.15) is 5.75 Å². The van der Waals surface area contributed by atoms with Crippen LogP contribution in [0.3, 0.4) is 0 Å². The Morgan fingerprint density at radius 2 is 1.70 bits per heavy atom. The number of para-hydroxylation sites is 2. The number of nitrogens with one attached hydrogen (secondary N) is 3. The van der Waals surface area contributed by atoms with Crippen LogP contribution in [-0.4, -0.2) is 24.0 Å². The highest BCUT2D eigenvalue weighted by atomic mass is 16.5. The highest BCUT2D eigenvalue weighted by Gasteiger charge is 2.34. The molecule has 2 unspecified atom stereocenters. The maximum atomic E-state index is 13.1. The number of ether oxygens (including phenoxy) is 1. The molecule has 0 saturated heterocycles. The first-order chi connectivity index (χ1) is 14.7. The number of carbonyl (C=O) groups excluding carboxylic acids is 1. The molecule has 5 nitrogen and oxygen atoms in total. The molecule has 0 fully saturated rings. The molecular formula is C25H23N3O2. The zero-order valence-corrected chi connectivity index (χ0v) is 16.7. The molecular weight excluding hydrogens is 374 g/mol. The number of aromatic amines is 1. The molecule has 1 aliphatic rings. The highest BCUT2D eigenvalue weighted by molar-refractivity contribution is 5.96. The molecule has 1 aromatic heterocycles. The smallest absolute Gasteiger partial charge is 0.241 e. The third kappa shape index (κ3) is 3.33. The maximum Gasteiger partial charge on any atom is 0.241 e. The lowest BCUT2D eigenvalue weighted by atomic mass is 9.90. The van der Waals surface area contributed by atoms with E-state index in [1.54, 1.807) is 7.11 Å². The van der Waals surface area contributed by atoms with Gasteiger partial charge in [-0.05, 0) is 47.9 Å². The summed E-state index contributed by atoms with van der Waals surface area (Å²) < 4.78 is 5.31. The molecule has 1 amide bonds. The first-order valence-corrected chi connectivity index (χ1v) is 10.1. The van der Waals surface area contributed by atoms with Gasteiger partial charge in [-0.2, -0.15) is 0 Å². The summed E-state index contributed by atoms with van der Waals surface area (Å²) >= 11 is 0. The minimum Gasteiger partial charge on any atom is -0.497 e. The fourth-order valence-electron chi connectivity index (χ4n) is 4.21. The van der Waals surface area contributed by atoms with Gasteiger partial charge >= 0.3 is 0 Å². The van der Waals surface area contributed by atoms with E-state index in [-0.39, 0.29) is 18.0 Å². The molecule has 4 aromatic rings. The van der Waals surface area contributed by atoms with Gasteiger partial charge in [-0.3, -0.25) is 10.1 Å². The van der Waals surface area contributed by atoms with Crippen molar-refractivity contribution in [1.82, 2.24) is 10.3 Å². The second kappa shape index (κ2) is 7.69. The van der Waals surface area contributed by atoms with Gasteiger partial charge in [0.25, 0.3) is 0 Å². The maximum absolute atomic E-state index is 13.1. The molecule has 0 bridgehead atoms. The lowest BCUT2D eigenvalue weighted by molar-refractivity contribution is -0.118. The van der Waals surface area contributed by atoms with Gasteiger partial charge in [0.15, 0.2) is 0 Å². The zero-order chi connectivity index (χ0) is 20.5. The van der Waals surface area contributed by atoms with Crippen molar-refractivity contribution in [3.8, 4) is 5.75 Å². The average molecular weight is 397 g/mol. The predicted octanol–water partition coefficient (Wildman–Crippen LogP) is 4.42. The Morgan fingerprint density at radius 1 is 0.967 bits per heavy atom. The zero-order valence-electron chi connectivity index (χ0n) is 16.7. The molecule has 0 aliphatic carbocycles. The van der Waals surface area contributed by atoms with Crippen LogP contribution in [0.2, 0.25) is 0 Å². The Balaban J connectivity index is 1.53. The molecule has 150 valence electrons. The van der Waals surface area contributed by atoms with E-state index in [1.807, 2.05) is 66.7 Å². The van der Waals surface area contributed by atoms with E-state index < -0.39 is 0 Å². The normalized spacial score (nSPS) is 18.0. The summed E-state index contributed by atoms with van der Waals surface area (Å²) in [4.78, 5) is 16.7. The van der Waals surface area contributed by atoms with Gasteiger partial charge < -0.3 is 15.0 Å². The number of amides is 1. The van der Waals surface area contributed by atoms with Gasteiger partial charge in [0.05, 0.1) is 19.2 Å². The molecule has 2 atom stereocenters. The average Bonchev–Trinajstić information content (AvgIpc) is 3.18. The van der Waals surface area contributed by atoms with Crippen LogP contribution in [-0.2, 0) is 11.2 Å². The van der Waals surface area contributed by atoms with E-state index in [0.717, 1.165) is 28.2 Å². The fraction of sp³-hybridized carbons (Fsp3) is 0.160. The highest BCUT2D eigenvalue weighted by Crippen LogP contribution is 2.35. The van der Waals surface area contributed by atoms with Gasteiger partial charge in [-0.25, -0.2) is 0 Å². The molecule has 0 saturated carbocycles. The van der Waals surface area contributed by atoms with Crippen LogP contribution in [0.25, 0.3) is 10.9 Å². The molecule has 0 spiro atoms. The van der Waals surface area contributed by atoms with Gasteiger partial charge in [0, 0.05) is 22.3 Å². The third-order valence-corrected chi connectivity index (χ3v) is 5.72. The van der Waals surface area contributed by atoms with Crippen LogP contribution in [0, 0.1) is 0 Å².